The summed E-state index contributed by atoms with van der Waals surface area (Å²) in [5, 5.41) is 24.3. The van der Waals surface area contributed by atoms with E-state index in [2.05, 4.69) is 51.6 Å². The molecule has 0 spiro atoms. The molecule has 0 radical (unpaired) electrons. The molecular weight excluding hydrogens is 344 g/mol. The van der Waals surface area contributed by atoms with Crippen LogP contribution in [0, 0.1) is 5.92 Å². The highest BCUT2D eigenvalue weighted by Crippen LogP contribution is 2.24. The fourth-order valence-corrected chi connectivity index (χ4v) is 3.54. The topological polar surface area (TPSA) is 96.2 Å². The van der Waals surface area contributed by atoms with E-state index in [9.17, 15) is 4.79 Å². The number of benzene rings is 1. The molecule has 1 fully saturated rings. The van der Waals surface area contributed by atoms with E-state index in [0.717, 1.165) is 43.9 Å². The van der Waals surface area contributed by atoms with Crippen LogP contribution < -0.4 is 5.32 Å². The second kappa shape index (κ2) is 8.47. The number of nitrogens with zero attached hydrogens (tertiary/aromatic N) is 5. The van der Waals surface area contributed by atoms with Gasteiger partial charge in [0, 0.05) is 18.5 Å². The zero-order valence-electron chi connectivity index (χ0n) is 16.0. The predicted molar refractivity (Wildman–Crippen MR) is 102 cm³/mol. The van der Waals surface area contributed by atoms with Gasteiger partial charge in [-0.3, -0.25) is 0 Å². The highest BCUT2D eigenvalue weighted by Gasteiger charge is 2.31. The van der Waals surface area contributed by atoms with Crippen molar-refractivity contribution in [2.24, 2.45) is 5.92 Å². The minimum absolute atomic E-state index is 0.193. The van der Waals surface area contributed by atoms with E-state index in [1.807, 2.05) is 18.2 Å². The van der Waals surface area contributed by atoms with Crippen molar-refractivity contribution < 1.29 is 9.90 Å². The van der Waals surface area contributed by atoms with Gasteiger partial charge in [0.2, 0.25) is 0 Å². The van der Waals surface area contributed by atoms with E-state index in [4.69, 9.17) is 5.11 Å². The average molecular weight is 372 g/mol. The molecule has 0 saturated carbocycles. The Balaban J connectivity index is 1.52. The monoisotopic (exact) mass is 372 g/mol. The first-order chi connectivity index (χ1) is 12.9. The molecule has 1 aliphatic rings. The van der Waals surface area contributed by atoms with Crippen molar-refractivity contribution >= 4 is 6.09 Å². The molecule has 27 heavy (non-hydrogen) atoms. The number of rotatable bonds is 7. The van der Waals surface area contributed by atoms with Crippen molar-refractivity contribution in [1.82, 2.24) is 30.4 Å². The van der Waals surface area contributed by atoms with Crippen LogP contribution in [0.3, 0.4) is 0 Å². The van der Waals surface area contributed by atoms with Crippen LogP contribution >= 0.6 is 0 Å². The van der Waals surface area contributed by atoms with Gasteiger partial charge in [0.1, 0.15) is 0 Å². The molecule has 2 heterocycles. The number of tetrazole rings is 1. The van der Waals surface area contributed by atoms with Gasteiger partial charge >= 0.3 is 6.09 Å². The first-order valence-corrected chi connectivity index (χ1v) is 9.44. The Morgan fingerprint density at radius 1 is 1.26 bits per heavy atom. The van der Waals surface area contributed by atoms with Gasteiger partial charge in [-0.25, -0.2) is 4.79 Å². The predicted octanol–water partition coefficient (Wildman–Crippen LogP) is 1.98. The van der Waals surface area contributed by atoms with Crippen LogP contribution in [0.25, 0.3) is 0 Å². The van der Waals surface area contributed by atoms with Crippen LogP contribution in [0.4, 0.5) is 4.79 Å². The minimum atomic E-state index is -0.941. The van der Waals surface area contributed by atoms with Crippen LogP contribution in [0.15, 0.2) is 30.3 Å². The van der Waals surface area contributed by atoms with Crippen LogP contribution in [0.5, 0.6) is 0 Å². The number of hydrogen-bond acceptors (Lipinski definition) is 5. The summed E-state index contributed by atoms with van der Waals surface area (Å²) in [6, 6.07) is 10.1. The molecule has 0 bridgehead atoms. The van der Waals surface area contributed by atoms with Gasteiger partial charge in [-0.15, -0.1) is 10.2 Å². The Bertz CT molecular complexity index is 738. The van der Waals surface area contributed by atoms with Crippen LogP contribution in [-0.4, -0.2) is 62.5 Å². The largest absolute Gasteiger partial charge is 0.465 e. The van der Waals surface area contributed by atoms with E-state index in [0.29, 0.717) is 19.0 Å². The Labute approximate surface area is 159 Å². The van der Waals surface area contributed by atoms with Crippen LogP contribution in [0.2, 0.25) is 0 Å². The highest BCUT2D eigenvalue weighted by molar-refractivity contribution is 5.64. The normalized spacial score (nSPS) is 16.4. The second-order valence-electron chi connectivity index (χ2n) is 7.92. The zero-order valence-corrected chi connectivity index (χ0v) is 16.0. The SMILES string of the molecule is CC(C)(CN1CCC(CNC(=O)O)CC1)c1nnn(Cc2ccccc2)n1. The van der Waals surface area contributed by atoms with Crippen LogP contribution in [0.1, 0.15) is 38.1 Å². The van der Waals surface area contributed by atoms with Crippen molar-refractivity contribution in [3.8, 4) is 0 Å². The number of hydrogen-bond donors (Lipinski definition) is 2. The second-order valence-corrected chi connectivity index (χ2v) is 7.92. The van der Waals surface area contributed by atoms with Crippen molar-refractivity contribution in [3.05, 3.63) is 41.7 Å². The molecule has 1 aromatic carbocycles. The number of amides is 1. The number of nitrogens with one attached hydrogen (secondary N) is 1. The van der Waals surface area contributed by atoms with Crippen LogP contribution in [-0.2, 0) is 12.0 Å². The van der Waals surface area contributed by atoms with E-state index in [-0.39, 0.29) is 5.41 Å². The Morgan fingerprint density at radius 3 is 2.63 bits per heavy atom. The third-order valence-electron chi connectivity index (χ3n) is 5.09. The molecule has 1 amide bonds. The fourth-order valence-electron chi connectivity index (χ4n) is 3.54. The summed E-state index contributed by atoms with van der Waals surface area (Å²) in [7, 11) is 0. The lowest BCUT2D eigenvalue weighted by Gasteiger charge is -2.36. The molecule has 2 N–H and O–H groups in total. The van der Waals surface area contributed by atoms with Gasteiger partial charge in [-0.05, 0) is 42.6 Å². The number of piperidine rings is 1. The van der Waals surface area contributed by atoms with E-state index >= 15 is 0 Å². The Morgan fingerprint density at radius 2 is 1.96 bits per heavy atom. The Hall–Kier alpha value is -2.48. The van der Waals surface area contributed by atoms with Gasteiger partial charge < -0.3 is 15.3 Å². The van der Waals surface area contributed by atoms with E-state index in [1.54, 1.807) is 4.80 Å². The summed E-state index contributed by atoms with van der Waals surface area (Å²) in [4.78, 5) is 14.7. The summed E-state index contributed by atoms with van der Waals surface area (Å²) in [5.74, 6) is 1.18. The molecule has 0 atom stereocenters. The van der Waals surface area contributed by atoms with Crippen molar-refractivity contribution in [1.29, 1.82) is 0 Å². The molecule has 0 unspecified atom stereocenters. The van der Waals surface area contributed by atoms with Gasteiger partial charge in [0.05, 0.1) is 6.54 Å². The van der Waals surface area contributed by atoms with Gasteiger partial charge in [0.15, 0.2) is 5.82 Å². The summed E-state index contributed by atoms with van der Waals surface area (Å²) < 4.78 is 0. The number of likely N-dealkylation sites (tertiary alicyclic amines) is 1. The first kappa shape index (κ1) is 19.3. The third kappa shape index (κ3) is 5.50. The molecule has 1 aromatic heterocycles. The molecule has 1 aliphatic heterocycles. The first-order valence-electron chi connectivity index (χ1n) is 9.44. The molecule has 8 nitrogen and oxygen atoms in total. The average Bonchev–Trinajstić information content (AvgIpc) is 3.11. The lowest BCUT2D eigenvalue weighted by atomic mass is 9.89. The smallest absolute Gasteiger partial charge is 0.404 e. The summed E-state index contributed by atoms with van der Waals surface area (Å²) in [6.07, 6.45) is 1.07. The quantitative estimate of drug-likeness (QED) is 0.771. The lowest BCUT2D eigenvalue weighted by molar-refractivity contribution is 0.148. The Kier molecular flexibility index (Phi) is 6.05. The molecular formula is C19H28N6O2. The summed E-state index contributed by atoms with van der Waals surface area (Å²) in [5.41, 5.74) is 0.956. The lowest BCUT2D eigenvalue weighted by Crippen LogP contribution is -2.44. The van der Waals surface area contributed by atoms with Gasteiger partial charge in [0.25, 0.3) is 0 Å². The number of aromatic nitrogens is 4. The molecule has 0 aliphatic carbocycles. The molecule has 146 valence electrons. The number of carbonyl (C=O) groups is 1. The molecule has 3 rings (SSSR count). The third-order valence-corrected chi connectivity index (χ3v) is 5.09. The number of carboxylic acid groups (broad SMARTS) is 1. The standard InChI is InChI=1S/C19H28N6O2/c1-19(2,14-24-10-8-15(9-11-24)12-20-18(26)27)17-21-23-25(22-17)13-16-6-4-3-5-7-16/h3-7,15,20H,8-14H2,1-2H3,(H,26,27). The maximum Gasteiger partial charge on any atom is 0.404 e. The van der Waals surface area contributed by atoms with Crippen molar-refractivity contribution in [2.75, 3.05) is 26.2 Å². The van der Waals surface area contributed by atoms with Gasteiger partial charge in [-0.2, -0.15) is 4.80 Å². The zero-order chi connectivity index (χ0) is 19.3. The summed E-state index contributed by atoms with van der Waals surface area (Å²) in [6.45, 7) is 8.25. The molecule has 8 heteroatoms. The van der Waals surface area contributed by atoms with Crippen molar-refractivity contribution in [2.45, 2.75) is 38.6 Å². The molecule has 1 saturated heterocycles. The maximum absolute atomic E-state index is 10.6. The van der Waals surface area contributed by atoms with E-state index < -0.39 is 6.09 Å². The highest BCUT2D eigenvalue weighted by atomic mass is 16.4. The maximum atomic E-state index is 10.6. The van der Waals surface area contributed by atoms with E-state index in [1.165, 1.54) is 0 Å². The fraction of sp³-hybridized carbons (Fsp3) is 0.579. The minimum Gasteiger partial charge on any atom is -0.465 e. The van der Waals surface area contributed by atoms with Crippen molar-refractivity contribution in [3.63, 3.8) is 0 Å². The molecule has 2 aromatic rings. The van der Waals surface area contributed by atoms with Gasteiger partial charge in [-0.1, -0.05) is 44.2 Å². The summed E-state index contributed by atoms with van der Waals surface area (Å²) >= 11 is 0.